The third-order valence-electron chi connectivity index (χ3n) is 10.2. The van der Waals surface area contributed by atoms with Crippen molar-refractivity contribution in [2.75, 3.05) is 5.32 Å². The number of hydrogen-bond donors (Lipinski definition) is 2. The molecule has 6 aromatic carbocycles. The van der Waals surface area contributed by atoms with Crippen LogP contribution in [0.15, 0.2) is 157 Å². The third kappa shape index (κ3) is 4.45. The maximum absolute atomic E-state index is 3.99. The Morgan fingerprint density at radius 3 is 2.40 bits per heavy atom. The van der Waals surface area contributed by atoms with E-state index in [9.17, 15) is 0 Å². The largest absolute Gasteiger partial charge is 0.366 e. The van der Waals surface area contributed by atoms with Crippen molar-refractivity contribution in [3.8, 4) is 16.8 Å². The van der Waals surface area contributed by atoms with E-state index in [-0.39, 0.29) is 12.2 Å². The number of thiophene rings is 1. The third-order valence-corrected chi connectivity index (χ3v) is 11.3. The zero-order chi connectivity index (χ0) is 31.6. The highest BCUT2D eigenvalue weighted by Crippen LogP contribution is 2.43. The summed E-state index contributed by atoms with van der Waals surface area (Å²) in [5, 5.41) is 13.0. The van der Waals surface area contributed by atoms with Crippen molar-refractivity contribution in [2.24, 2.45) is 0 Å². The lowest BCUT2D eigenvalue weighted by atomic mass is 9.89. The van der Waals surface area contributed by atoms with Crippen LogP contribution in [-0.2, 0) is 0 Å². The summed E-state index contributed by atoms with van der Waals surface area (Å²) in [5.41, 5.74) is 11.3. The number of aromatic nitrogens is 1. The average molecular weight is 636 g/mol. The minimum Gasteiger partial charge on any atom is -0.366 e. The number of benzene rings is 6. The molecule has 0 bridgehead atoms. The molecule has 2 N–H and O–H groups in total. The molecule has 0 saturated carbocycles. The number of anilines is 1. The number of nitrogens with one attached hydrogen (secondary N) is 2. The van der Waals surface area contributed by atoms with Gasteiger partial charge in [-0.3, -0.25) is 5.32 Å². The number of rotatable bonds is 4. The molecular formula is C44H33N3S. The maximum atomic E-state index is 3.99. The maximum Gasteiger partial charge on any atom is 0.104 e. The molecular weight excluding hydrogens is 603 g/mol. The molecule has 0 radical (unpaired) electrons. The molecule has 0 amide bonds. The Morgan fingerprint density at radius 2 is 1.48 bits per heavy atom. The van der Waals surface area contributed by atoms with E-state index in [1.807, 2.05) is 11.3 Å². The van der Waals surface area contributed by atoms with Gasteiger partial charge in [0.05, 0.1) is 17.1 Å². The molecule has 3 nitrogen and oxygen atoms in total. The highest BCUT2D eigenvalue weighted by Gasteiger charge is 2.29. The molecule has 0 saturated heterocycles. The van der Waals surface area contributed by atoms with E-state index in [0.29, 0.717) is 0 Å². The van der Waals surface area contributed by atoms with E-state index in [4.69, 9.17) is 0 Å². The molecule has 4 heteroatoms. The standard InChI is InChI=1S/C44H33N3S/c1-3-12-28(13-4-1)30-22-23-39-35(25-30)36-27-42-37(33-18-8-10-21-41(33)48-42)26-40(36)47(39)32-17-11-16-31(24-32)44-45-38-20-9-7-19-34(38)43(46-44)29-14-5-2-6-15-29/h1-5,7-14,16-27,43-46H,6,15H2. The molecule has 0 fully saturated rings. The summed E-state index contributed by atoms with van der Waals surface area (Å²) in [7, 11) is 0. The molecule has 0 spiro atoms. The van der Waals surface area contributed by atoms with Gasteiger partial charge < -0.3 is 9.88 Å². The van der Waals surface area contributed by atoms with Gasteiger partial charge in [0.25, 0.3) is 0 Å². The molecule has 230 valence electrons. The summed E-state index contributed by atoms with van der Waals surface area (Å²) in [4.78, 5) is 0. The van der Waals surface area contributed by atoms with Crippen molar-refractivity contribution in [1.82, 2.24) is 9.88 Å². The first kappa shape index (κ1) is 27.7. The first-order valence-corrected chi connectivity index (χ1v) is 17.6. The van der Waals surface area contributed by atoms with E-state index in [1.165, 1.54) is 75.5 Å². The Hall–Kier alpha value is -5.42. The number of nitrogens with zero attached hydrogens (tertiary/aromatic N) is 1. The summed E-state index contributed by atoms with van der Waals surface area (Å²) in [5.74, 6) is 0. The van der Waals surface area contributed by atoms with Crippen LogP contribution < -0.4 is 10.6 Å². The summed E-state index contributed by atoms with van der Waals surface area (Å²) in [6.07, 6.45) is 8.91. The summed E-state index contributed by atoms with van der Waals surface area (Å²) in [6.45, 7) is 0. The predicted octanol–water partition coefficient (Wildman–Crippen LogP) is 11.8. The summed E-state index contributed by atoms with van der Waals surface area (Å²) in [6, 6.07) is 49.3. The quantitative estimate of drug-likeness (QED) is 0.201. The number of para-hydroxylation sites is 1. The van der Waals surface area contributed by atoms with Crippen molar-refractivity contribution in [3.63, 3.8) is 0 Å². The van der Waals surface area contributed by atoms with Crippen LogP contribution in [0.3, 0.4) is 0 Å². The zero-order valence-electron chi connectivity index (χ0n) is 26.4. The lowest BCUT2D eigenvalue weighted by molar-refractivity contribution is 0.489. The van der Waals surface area contributed by atoms with Gasteiger partial charge in [-0.25, -0.2) is 0 Å². The fourth-order valence-corrected chi connectivity index (χ4v) is 8.98. The highest BCUT2D eigenvalue weighted by atomic mass is 32.1. The van der Waals surface area contributed by atoms with Crippen molar-refractivity contribution in [3.05, 3.63) is 168 Å². The fraction of sp³-hybridized carbons (Fsp3) is 0.0909. The molecule has 8 aromatic rings. The number of hydrogen-bond acceptors (Lipinski definition) is 3. The van der Waals surface area contributed by atoms with Crippen LogP contribution in [0.4, 0.5) is 5.69 Å². The second kappa shape index (κ2) is 11.1. The van der Waals surface area contributed by atoms with Gasteiger partial charge in [-0.1, -0.05) is 103 Å². The minimum absolute atomic E-state index is 0.0260. The molecule has 2 aromatic heterocycles. The van der Waals surface area contributed by atoms with Crippen molar-refractivity contribution >= 4 is 59.0 Å². The monoisotopic (exact) mass is 635 g/mol. The number of fused-ring (bicyclic) bond motifs is 7. The van der Waals surface area contributed by atoms with E-state index in [1.54, 1.807) is 0 Å². The summed E-state index contributed by atoms with van der Waals surface area (Å²) >= 11 is 1.88. The topological polar surface area (TPSA) is 29.0 Å². The van der Waals surface area contributed by atoms with Gasteiger partial charge in [0.2, 0.25) is 0 Å². The highest BCUT2D eigenvalue weighted by molar-refractivity contribution is 7.25. The summed E-state index contributed by atoms with van der Waals surface area (Å²) < 4.78 is 5.13. The predicted molar refractivity (Wildman–Crippen MR) is 204 cm³/mol. The van der Waals surface area contributed by atoms with Crippen LogP contribution in [-0.4, -0.2) is 4.57 Å². The van der Waals surface area contributed by atoms with Crippen molar-refractivity contribution in [1.29, 1.82) is 0 Å². The van der Waals surface area contributed by atoms with Gasteiger partial charge >= 0.3 is 0 Å². The van der Waals surface area contributed by atoms with Crippen molar-refractivity contribution in [2.45, 2.75) is 25.0 Å². The lowest BCUT2D eigenvalue weighted by Crippen LogP contribution is -2.37. The lowest BCUT2D eigenvalue weighted by Gasteiger charge is -2.37. The zero-order valence-corrected chi connectivity index (χ0v) is 27.2. The van der Waals surface area contributed by atoms with Crippen LogP contribution in [0.1, 0.15) is 36.2 Å². The van der Waals surface area contributed by atoms with E-state index in [2.05, 4.69) is 167 Å². The van der Waals surface area contributed by atoms with Crippen LogP contribution in [0.2, 0.25) is 0 Å². The van der Waals surface area contributed by atoms with Crippen LogP contribution in [0.25, 0.3) is 58.8 Å². The Balaban J connectivity index is 1.16. The van der Waals surface area contributed by atoms with Gasteiger partial charge in [0.15, 0.2) is 0 Å². The van der Waals surface area contributed by atoms with Gasteiger partial charge in [0, 0.05) is 42.3 Å². The minimum atomic E-state index is -0.0260. The van der Waals surface area contributed by atoms with Gasteiger partial charge in [-0.2, -0.15) is 0 Å². The van der Waals surface area contributed by atoms with Gasteiger partial charge in [-0.05, 0) is 89.2 Å². The SMILES string of the molecule is C1=CCCC(C2NC(c3cccc(-n4c5ccc(-c6ccccc6)cc5c5cc6sc7ccccc7c6cc54)c3)Nc3ccccc32)=C1. The van der Waals surface area contributed by atoms with Gasteiger partial charge in [0.1, 0.15) is 6.17 Å². The normalized spacial score (nSPS) is 17.5. The molecule has 48 heavy (non-hydrogen) atoms. The van der Waals surface area contributed by atoms with Crippen molar-refractivity contribution < 1.29 is 0 Å². The molecule has 2 atom stereocenters. The first-order chi connectivity index (χ1) is 23.8. The Morgan fingerprint density at radius 1 is 0.625 bits per heavy atom. The second-order valence-corrected chi connectivity index (χ2v) is 14.0. The second-order valence-electron chi connectivity index (χ2n) is 13.0. The Kier molecular flexibility index (Phi) is 6.39. The Labute approximate surface area is 283 Å². The van der Waals surface area contributed by atoms with E-state index < -0.39 is 0 Å². The molecule has 1 aliphatic carbocycles. The van der Waals surface area contributed by atoms with Crippen LogP contribution in [0.5, 0.6) is 0 Å². The number of allylic oxidation sites excluding steroid dienone is 3. The van der Waals surface area contributed by atoms with E-state index >= 15 is 0 Å². The molecule has 1 aliphatic heterocycles. The molecule has 10 rings (SSSR count). The first-order valence-electron chi connectivity index (χ1n) is 16.8. The van der Waals surface area contributed by atoms with Crippen LogP contribution in [0, 0.1) is 0 Å². The average Bonchev–Trinajstić information content (AvgIpc) is 3.68. The van der Waals surface area contributed by atoms with E-state index in [0.717, 1.165) is 18.5 Å². The smallest absolute Gasteiger partial charge is 0.104 e. The molecule has 2 aliphatic rings. The molecule has 3 heterocycles. The molecule has 2 unspecified atom stereocenters. The van der Waals surface area contributed by atoms with Crippen LogP contribution >= 0.6 is 11.3 Å². The Bertz CT molecular complexity index is 2590. The fourth-order valence-electron chi connectivity index (χ4n) is 7.85. The van der Waals surface area contributed by atoms with Gasteiger partial charge in [-0.15, -0.1) is 11.3 Å².